The lowest BCUT2D eigenvalue weighted by molar-refractivity contribution is -0.0371. The van der Waals surface area contributed by atoms with Gasteiger partial charge in [-0.3, -0.25) is 14.6 Å². The highest BCUT2D eigenvalue weighted by Crippen LogP contribution is 2.41. The zero-order valence-corrected chi connectivity index (χ0v) is 18.5. The summed E-state index contributed by atoms with van der Waals surface area (Å²) in [7, 11) is 0. The fourth-order valence-corrected chi connectivity index (χ4v) is 4.97. The molecule has 5 nitrogen and oxygen atoms in total. The summed E-state index contributed by atoms with van der Waals surface area (Å²) in [6, 6.07) is 7.59. The Hall–Kier alpha value is -2.77. The van der Waals surface area contributed by atoms with E-state index in [1.54, 1.807) is 18.2 Å². The van der Waals surface area contributed by atoms with E-state index in [4.69, 9.17) is 16.3 Å². The number of benzene rings is 2. The minimum Gasteiger partial charge on any atom is -0.357 e. The van der Waals surface area contributed by atoms with Crippen LogP contribution in [0.4, 0.5) is 8.78 Å². The first-order valence-electron chi connectivity index (χ1n) is 10.7. The number of rotatable bonds is 3. The van der Waals surface area contributed by atoms with Crippen LogP contribution in [0.2, 0.25) is 5.15 Å². The average molecular weight is 458 g/mol. The molecule has 0 radical (unpaired) electrons. The highest BCUT2D eigenvalue weighted by molar-refractivity contribution is 6.31. The first-order valence-corrected chi connectivity index (χ1v) is 11.1. The van der Waals surface area contributed by atoms with Crippen molar-refractivity contribution in [2.24, 2.45) is 0 Å². The highest BCUT2D eigenvalue weighted by atomic mass is 35.5. The van der Waals surface area contributed by atoms with Gasteiger partial charge >= 0.3 is 0 Å². The minimum absolute atomic E-state index is 0.0308. The number of H-pyrrole nitrogens is 1. The maximum Gasteiger partial charge on any atom is 0.272 e. The lowest BCUT2D eigenvalue weighted by atomic mass is 9.90. The number of hydrogen-bond acceptors (Lipinski definition) is 3. The van der Waals surface area contributed by atoms with Gasteiger partial charge in [0.1, 0.15) is 28.2 Å². The Balaban J connectivity index is 1.88. The number of hydrogen-bond donors (Lipinski definition) is 1. The number of halogens is 3. The Labute approximate surface area is 188 Å². The Bertz CT molecular complexity index is 1390. The molecule has 0 spiro atoms. The third kappa shape index (κ3) is 3.31. The first-order chi connectivity index (χ1) is 15.4. The minimum atomic E-state index is -0.634. The van der Waals surface area contributed by atoms with Crippen LogP contribution < -0.4 is 5.56 Å². The lowest BCUT2D eigenvalue weighted by Gasteiger charge is -2.24. The average Bonchev–Trinajstić information content (AvgIpc) is 3.11. The van der Waals surface area contributed by atoms with Crippen molar-refractivity contribution in [3.05, 3.63) is 63.0 Å². The standard InChI is InChI=1S/C24H22ClF2N3O2/c1-12(2)18-19(13-6-8-14(26)9-7-13)15-11-16-22(20(27)21(15)28-23(18)25)30(29-24(16)31)17-5-3-4-10-32-17/h6-9,11-12,17H,3-5,10H2,1-2H3,(H,29,31). The van der Waals surface area contributed by atoms with Crippen molar-refractivity contribution < 1.29 is 13.5 Å². The van der Waals surface area contributed by atoms with Crippen molar-refractivity contribution in [3.63, 3.8) is 0 Å². The van der Waals surface area contributed by atoms with Crippen molar-refractivity contribution in [2.75, 3.05) is 6.61 Å². The summed E-state index contributed by atoms with van der Waals surface area (Å²) in [4.78, 5) is 17.2. The van der Waals surface area contributed by atoms with Crippen LogP contribution in [0.3, 0.4) is 0 Å². The van der Waals surface area contributed by atoms with Gasteiger partial charge in [-0.05, 0) is 54.5 Å². The van der Waals surface area contributed by atoms with Crippen molar-refractivity contribution in [3.8, 4) is 11.1 Å². The number of fused-ring (bicyclic) bond motifs is 2. The van der Waals surface area contributed by atoms with Gasteiger partial charge in [-0.1, -0.05) is 37.6 Å². The summed E-state index contributed by atoms with van der Waals surface area (Å²) >= 11 is 6.55. The number of nitrogens with zero attached hydrogens (tertiary/aromatic N) is 2. The van der Waals surface area contributed by atoms with Gasteiger partial charge in [-0.2, -0.15) is 0 Å². The Kier molecular flexibility index (Phi) is 5.26. The molecule has 3 heterocycles. The van der Waals surface area contributed by atoms with Gasteiger partial charge in [0.25, 0.3) is 5.56 Å². The van der Waals surface area contributed by atoms with E-state index in [1.807, 2.05) is 13.8 Å². The molecule has 166 valence electrons. The molecule has 1 N–H and O–H groups in total. The molecule has 0 aliphatic carbocycles. The van der Waals surface area contributed by atoms with E-state index in [0.29, 0.717) is 29.5 Å². The fraction of sp³-hybridized carbons (Fsp3) is 0.333. The summed E-state index contributed by atoms with van der Waals surface area (Å²) in [6.07, 6.45) is 2.10. The fourth-order valence-electron chi connectivity index (χ4n) is 4.57. The van der Waals surface area contributed by atoms with Crippen molar-refractivity contribution in [1.29, 1.82) is 0 Å². The van der Waals surface area contributed by atoms with Gasteiger partial charge in [0.15, 0.2) is 5.82 Å². The van der Waals surface area contributed by atoms with E-state index >= 15 is 4.39 Å². The Morgan fingerprint density at radius 2 is 1.94 bits per heavy atom. The van der Waals surface area contributed by atoms with E-state index < -0.39 is 17.6 Å². The van der Waals surface area contributed by atoms with Crippen molar-refractivity contribution in [1.82, 2.24) is 14.8 Å². The molecule has 5 rings (SSSR count). The molecule has 1 fully saturated rings. The predicted octanol–water partition coefficient (Wildman–Crippen LogP) is 6.30. The van der Waals surface area contributed by atoms with Crippen molar-refractivity contribution >= 4 is 33.4 Å². The molecule has 2 aromatic carbocycles. The molecule has 1 atom stereocenters. The van der Waals surface area contributed by atoms with Crippen LogP contribution in [0.1, 0.15) is 50.8 Å². The third-order valence-corrected chi connectivity index (χ3v) is 6.34. The molecule has 1 aliphatic rings. The van der Waals surface area contributed by atoms with E-state index in [-0.39, 0.29) is 33.3 Å². The maximum absolute atomic E-state index is 16.0. The summed E-state index contributed by atoms with van der Waals surface area (Å²) < 4.78 is 36.8. The number of ether oxygens (including phenoxy) is 1. The molecule has 0 bridgehead atoms. The smallest absolute Gasteiger partial charge is 0.272 e. The zero-order chi connectivity index (χ0) is 22.6. The number of aromatic nitrogens is 3. The normalized spacial score (nSPS) is 17.0. The molecule has 1 unspecified atom stereocenters. The predicted molar refractivity (Wildman–Crippen MR) is 121 cm³/mol. The summed E-state index contributed by atoms with van der Waals surface area (Å²) in [6.45, 7) is 4.47. The van der Waals surface area contributed by atoms with Crippen LogP contribution in [0.5, 0.6) is 0 Å². The first kappa shape index (κ1) is 21.1. The van der Waals surface area contributed by atoms with Crippen molar-refractivity contribution in [2.45, 2.75) is 45.3 Å². The van der Waals surface area contributed by atoms with Crippen LogP contribution in [-0.2, 0) is 4.74 Å². The number of nitrogens with one attached hydrogen (secondary N) is 1. The molecule has 0 amide bonds. The summed E-state index contributed by atoms with van der Waals surface area (Å²) in [5.41, 5.74) is 1.83. The summed E-state index contributed by atoms with van der Waals surface area (Å²) in [5, 5.41) is 3.60. The SMILES string of the molecule is CC(C)c1c(Cl)nc2c(F)c3c(cc2c1-c1ccc(F)cc1)c(=O)[nH]n3C1CCCCO1. The molecule has 8 heteroatoms. The van der Waals surface area contributed by atoms with E-state index in [0.717, 1.165) is 18.4 Å². The molecule has 32 heavy (non-hydrogen) atoms. The largest absolute Gasteiger partial charge is 0.357 e. The van der Waals surface area contributed by atoms with E-state index in [1.165, 1.54) is 16.8 Å². The second-order valence-corrected chi connectivity index (χ2v) is 8.83. The molecular formula is C24H22ClF2N3O2. The number of aromatic amines is 1. The van der Waals surface area contributed by atoms with Gasteiger partial charge in [-0.15, -0.1) is 0 Å². The van der Waals surface area contributed by atoms with Crippen LogP contribution >= 0.6 is 11.6 Å². The molecule has 1 saturated heterocycles. The highest BCUT2D eigenvalue weighted by Gasteiger charge is 2.26. The van der Waals surface area contributed by atoms with Crippen LogP contribution in [0.25, 0.3) is 32.9 Å². The molecule has 1 aliphatic heterocycles. The van der Waals surface area contributed by atoms with Gasteiger partial charge in [-0.25, -0.2) is 13.8 Å². The quantitative estimate of drug-likeness (QED) is 0.367. The van der Waals surface area contributed by atoms with Gasteiger partial charge < -0.3 is 4.74 Å². The Morgan fingerprint density at radius 1 is 1.19 bits per heavy atom. The Morgan fingerprint density at radius 3 is 2.59 bits per heavy atom. The second-order valence-electron chi connectivity index (χ2n) is 8.47. The molecule has 2 aromatic heterocycles. The zero-order valence-electron chi connectivity index (χ0n) is 17.7. The van der Waals surface area contributed by atoms with Crippen LogP contribution in [0.15, 0.2) is 35.1 Å². The second kappa shape index (κ2) is 7.98. The monoisotopic (exact) mass is 457 g/mol. The topological polar surface area (TPSA) is 59.9 Å². The van der Waals surface area contributed by atoms with Gasteiger partial charge in [0, 0.05) is 17.6 Å². The molecule has 0 saturated carbocycles. The van der Waals surface area contributed by atoms with E-state index in [9.17, 15) is 9.18 Å². The van der Waals surface area contributed by atoms with E-state index in [2.05, 4.69) is 10.1 Å². The number of pyridine rings is 1. The van der Waals surface area contributed by atoms with Crippen LogP contribution in [-0.4, -0.2) is 21.4 Å². The summed E-state index contributed by atoms with van der Waals surface area (Å²) in [5.74, 6) is -1.04. The molecule has 4 aromatic rings. The lowest BCUT2D eigenvalue weighted by Crippen LogP contribution is -2.20. The van der Waals surface area contributed by atoms with Gasteiger partial charge in [0.2, 0.25) is 0 Å². The molecular weight excluding hydrogens is 436 g/mol. The third-order valence-electron chi connectivity index (χ3n) is 6.05. The maximum atomic E-state index is 16.0. The van der Waals surface area contributed by atoms with Crippen LogP contribution in [0, 0.1) is 11.6 Å². The van der Waals surface area contributed by atoms with Gasteiger partial charge in [0.05, 0.1) is 5.39 Å².